The first kappa shape index (κ1) is 24.3. The van der Waals surface area contributed by atoms with E-state index in [1.54, 1.807) is 0 Å². The number of aliphatic carboxylic acids is 2. The fraction of sp³-hybridized carbons (Fsp3) is 0.571. The molecule has 13 nitrogen and oxygen atoms in total. The average molecular weight is 392 g/mol. The van der Waals surface area contributed by atoms with Crippen LogP contribution < -0.4 is 5.73 Å². The molecule has 0 bridgehead atoms. The van der Waals surface area contributed by atoms with E-state index >= 15 is 0 Å². The van der Waals surface area contributed by atoms with Gasteiger partial charge in [-0.25, -0.2) is 9.59 Å². The average Bonchev–Trinajstić information content (AvgIpc) is 2.57. The zero-order valence-corrected chi connectivity index (χ0v) is 14.5. The predicted molar refractivity (Wildman–Crippen MR) is 89.6 cm³/mol. The van der Waals surface area contributed by atoms with Crippen molar-refractivity contribution in [2.45, 2.75) is 24.4 Å². The van der Waals surface area contributed by atoms with Gasteiger partial charge in [-0.05, 0) is 0 Å². The van der Waals surface area contributed by atoms with Crippen LogP contribution in [-0.4, -0.2) is 115 Å². The molecule has 4 atom stereocenters. The van der Waals surface area contributed by atoms with E-state index in [-0.39, 0.29) is 19.0 Å². The first-order valence-corrected chi connectivity index (χ1v) is 7.55. The SMILES string of the molecule is CN(CC(=O)N1C[C@H](O)[C@@H](O)[C@H](O)[C@H]1CO)C(=N)N.O=C(O)/C=C/C(=O)O. The fourth-order valence-corrected chi connectivity index (χ4v) is 2.10. The van der Waals surface area contributed by atoms with E-state index in [1.165, 1.54) is 11.9 Å². The number of hydrogen-bond acceptors (Lipinski definition) is 8. The highest BCUT2D eigenvalue weighted by atomic mass is 16.4. The Morgan fingerprint density at radius 2 is 1.63 bits per heavy atom. The van der Waals surface area contributed by atoms with Crippen LogP contribution in [0.25, 0.3) is 0 Å². The molecule has 1 rings (SSSR count). The maximum Gasteiger partial charge on any atom is 0.328 e. The number of nitrogens with zero attached hydrogens (tertiary/aromatic N) is 2. The summed E-state index contributed by atoms with van der Waals surface area (Å²) >= 11 is 0. The molecule has 13 heteroatoms. The molecule has 0 aromatic rings. The van der Waals surface area contributed by atoms with Crippen molar-refractivity contribution in [3.8, 4) is 0 Å². The van der Waals surface area contributed by atoms with Gasteiger partial charge in [0.15, 0.2) is 5.96 Å². The number of β-amino-alcohol motifs (C(OH)–C–C–N with tert-alkyl or cyclic N) is 1. The number of amides is 1. The first-order valence-electron chi connectivity index (χ1n) is 7.55. The van der Waals surface area contributed by atoms with Crippen LogP contribution in [0.5, 0.6) is 0 Å². The van der Waals surface area contributed by atoms with Crippen LogP contribution in [-0.2, 0) is 14.4 Å². The normalized spacial score (nSPS) is 24.7. The lowest BCUT2D eigenvalue weighted by Gasteiger charge is -2.43. The Balaban J connectivity index is 0.000000713. The summed E-state index contributed by atoms with van der Waals surface area (Å²) in [4.78, 5) is 33.4. The minimum atomic E-state index is -1.43. The number of carboxylic acid groups (broad SMARTS) is 2. The zero-order valence-electron chi connectivity index (χ0n) is 14.5. The van der Waals surface area contributed by atoms with Gasteiger partial charge in [-0.15, -0.1) is 0 Å². The molecule has 1 aliphatic rings. The Labute approximate surface area is 154 Å². The van der Waals surface area contributed by atoms with Crippen LogP contribution in [0.2, 0.25) is 0 Å². The van der Waals surface area contributed by atoms with E-state index in [0.717, 1.165) is 4.90 Å². The number of likely N-dealkylation sites (tertiary alicyclic amines) is 1. The monoisotopic (exact) mass is 392 g/mol. The lowest BCUT2D eigenvalue weighted by molar-refractivity contribution is -0.166. The second-order valence-electron chi connectivity index (χ2n) is 5.60. The molecule has 9 N–H and O–H groups in total. The third kappa shape index (κ3) is 8.00. The number of carbonyl (C=O) groups excluding carboxylic acids is 1. The summed E-state index contributed by atoms with van der Waals surface area (Å²) in [5.41, 5.74) is 5.21. The molecule has 1 aliphatic heterocycles. The highest BCUT2D eigenvalue weighted by molar-refractivity contribution is 5.89. The summed E-state index contributed by atoms with van der Waals surface area (Å²) in [5, 5.41) is 60.8. The van der Waals surface area contributed by atoms with E-state index in [4.69, 9.17) is 21.4 Å². The first-order chi connectivity index (χ1) is 12.4. The number of piperidine rings is 1. The van der Waals surface area contributed by atoms with E-state index < -0.39 is 48.8 Å². The number of rotatable bonds is 5. The Morgan fingerprint density at radius 1 is 1.15 bits per heavy atom. The molecule has 1 fully saturated rings. The van der Waals surface area contributed by atoms with Crippen molar-refractivity contribution in [2.75, 3.05) is 26.7 Å². The third-order valence-electron chi connectivity index (χ3n) is 3.58. The second-order valence-corrected chi connectivity index (χ2v) is 5.60. The smallest absolute Gasteiger partial charge is 0.328 e. The van der Waals surface area contributed by atoms with Gasteiger partial charge in [0.1, 0.15) is 18.3 Å². The van der Waals surface area contributed by atoms with E-state index in [0.29, 0.717) is 12.2 Å². The summed E-state index contributed by atoms with van der Waals surface area (Å²) in [7, 11) is 1.44. The van der Waals surface area contributed by atoms with Gasteiger partial charge in [-0.2, -0.15) is 0 Å². The fourth-order valence-electron chi connectivity index (χ4n) is 2.10. The molecule has 0 radical (unpaired) electrons. The molecule has 0 aromatic carbocycles. The molecule has 154 valence electrons. The topological polar surface area (TPSA) is 229 Å². The maximum absolute atomic E-state index is 12.0. The lowest BCUT2D eigenvalue weighted by Crippen LogP contribution is -2.65. The minimum absolute atomic E-state index is 0.200. The Kier molecular flexibility index (Phi) is 9.95. The molecule has 0 aliphatic carbocycles. The van der Waals surface area contributed by atoms with Crippen molar-refractivity contribution in [3.05, 3.63) is 12.2 Å². The van der Waals surface area contributed by atoms with Crippen LogP contribution >= 0.6 is 0 Å². The number of likely N-dealkylation sites (N-methyl/N-ethyl adjacent to an activating group) is 1. The van der Waals surface area contributed by atoms with Crippen molar-refractivity contribution in [1.29, 1.82) is 5.41 Å². The zero-order chi connectivity index (χ0) is 21.3. The van der Waals surface area contributed by atoms with Crippen molar-refractivity contribution in [2.24, 2.45) is 5.73 Å². The lowest BCUT2D eigenvalue weighted by atomic mass is 9.94. The summed E-state index contributed by atoms with van der Waals surface area (Å²) in [6, 6.07) is -0.994. The molecule has 0 unspecified atom stereocenters. The van der Waals surface area contributed by atoms with Gasteiger partial charge in [0, 0.05) is 25.7 Å². The molecular formula is C14H24N4O9. The van der Waals surface area contributed by atoms with Crippen LogP contribution in [0.15, 0.2) is 12.2 Å². The van der Waals surface area contributed by atoms with Crippen LogP contribution in [0.1, 0.15) is 0 Å². The van der Waals surface area contributed by atoms with Crippen molar-refractivity contribution in [1.82, 2.24) is 9.80 Å². The van der Waals surface area contributed by atoms with Crippen molar-refractivity contribution in [3.63, 3.8) is 0 Å². The molecule has 0 aromatic heterocycles. The number of carboxylic acids is 2. The molecular weight excluding hydrogens is 368 g/mol. The summed E-state index contributed by atoms with van der Waals surface area (Å²) < 4.78 is 0. The standard InChI is InChI=1S/C10H20N4O5.C4H4O4/c1-13(10(11)12)3-7(17)14-2-6(16)9(19)8(18)5(14)4-15;5-3(6)1-2-4(7)8/h5-6,8-9,15-16,18-19H,2-4H2,1H3,(H3,11,12);1-2H,(H,5,6)(H,7,8)/b;2-1+/t5-,6+,8-,9-;/m1./s1. The van der Waals surface area contributed by atoms with Gasteiger partial charge in [-0.3, -0.25) is 10.2 Å². The number of carbonyl (C=O) groups is 3. The summed E-state index contributed by atoms with van der Waals surface area (Å²) in [5.74, 6) is -3.33. The van der Waals surface area contributed by atoms with Crippen molar-refractivity contribution < 1.29 is 45.0 Å². The highest BCUT2D eigenvalue weighted by Gasteiger charge is 2.43. The van der Waals surface area contributed by atoms with Crippen LogP contribution in [0.3, 0.4) is 0 Å². The van der Waals surface area contributed by atoms with Gasteiger partial charge in [0.25, 0.3) is 0 Å². The van der Waals surface area contributed by atoms with E-state index in [2.05, 4.69) is 0 Å². The highest BCUT2D eigenvalue weighted by Crippen LogP contribution is 2.19. The van der Waals surface area contributed by atoms with Crippen LogP contribution in [0, 0.1) is 5.41 Å². The molecule has 1 saturated heterocycles. The number of hydrogen-bond donors (Lipinski definition) is 8. The van der Waals surface area contributed by atoms with Gasteiger partial charge in [-0.1, -0.05) is 0 Å². The number of guanidine groups is 1. The number of aliphatic hydroxyl groups is 4. The second kappa shape index (κ2) is 11.1. The van der Waals surface area contributed by atoms with E-state index in [9.17, 15) is 34.8 Å². The number of nitrogens with one attached hydrogen (secondary N) is 1. The summed E-state index contributed by atoms with van der Waals surface area (Å²) in [6.45, 7) is -0.962. The van der Waals surface area contributed by atoms with E-state index in [1.807, 2.05) is 0 Å². The molecule has 27 heavy (non-hydrogen) atoms. The molecule has 0 spiro atoms. The maximum atomic E-state index is 12.0. The number of aliphatic hydroxyl groups excluding tert-OH is 4. The van der Waals surface area contributed by atoms with Crippen molar-refractivity contribution >= 4 is 23.8 Å². The van der Waals surface area contributed by atoms with Crippen LogP contribution in [0.4, 0.5) is 0 Å². The quantitative estimate of drug-likeness (QED) is 0.127. The Hall–Kier alpha value is -2.74. The summed E-state index contributed by atoms with van der Waals surface area (Å²) in [6.07, 6.45) is -3.01. The van der Waals surface area contributed by atoms with Gasteiger partial charge in [0.05, 0.1) is 19.2 Å². The predicted octanol–water partition coefficient (Wildman–Crippen LogP) is -4.19. The van der Waals surface area contributed by atoms with Gasteiger partial charge in [0.2, 0.25) is 5.91 Å². The Bertz CT molecular complexity index is 567. The minimum Gasteiger partial charge on any atom is -0.478 e. The molecule has 0 saturated carbocycles. The molecule has 1 amide bonds. The van der Waals surface area contributed by atoms with Gasteiger partial charge >= 0.3 is 11.9 Å². The third-order valence-corrected chi connectivity index (χ3v) is 3.58. The van der Waals surface area contributed by atoms with Gasteiger partial charge < -0.3 is 46.2 Å². The number of nitrogens with two attached hydrogens (primary N) is 1. The largest absolute Gasteiger partial charge is 0.478 e. The molecule has 1 heterocycles. The Morgan fingerprint density at radius 3 is 2.00 bits per heavy atom.